The molecule has 9 rings (SSSR count). The van der Waals surface area contributed by atoms with Gasteiger partial charge in [0.2, 0.25) is 24.4 Å². The molecule has 0 saturated carbocycles. The van der Waals surface area contributed by atoms with E-state index in [4.69, 9.17) is 37.9 Å². The number of benzene rings is 3. The quantitative estimate of drug-likeness (QED) is 0.236. The number of likely N-dealkylation sites (tertiary alicyclic amines) is 1. The molecule has 3 aromatic rings. The van der Waals surface area contributed by atoms with Gasteiger partial charge in [0, 0.05) is 23.8 Å². The maximum atomic E-state index is 14.7. The van der Waals surface area contributed by atoms with Crippen molar-refractivity contribution >= 4 is 23.8 Å². The van der Waals surface area contributed by atoms with Crippen LogP contribution >= 0.6 is 0 Å². The maximum absolute atomic E-state index is 14.7. The van der Waals surface area contributed by atoms with Gasteiger partial charge in [0.1, 0.15) is 12.1 Å². The Kier molecular flexibility index (Phi) is 7.79. The van der Waals surface area contributed by atoms with Crippen LogP contribution in [0.5, 0.6) is 28.7 Å². The molecule has 0 aromatic heterocycles. The normalized spacial score (nSPS) is 29.7. The lowest BCUT2D eigenvalue weighted by Gasteiger charge is -2.39. The van der Waals surface area contributed by atoms with Gasteiger partial charge in [0.15, 0.2) is 23.0 Å². The minimum Gasteiger partial charge on any atom is -0.493 e. The van der Waals surface area contributed by atoms with Gasteiger partial charge < -0.3 is 37.9 Å². The number of ether oxygens (including phenoxy) is 8. The second-order valence-electron chi connectivity index (χ2n) is 14.0. The van der Waals surface area contributed by atoms with Crippen LogP contribution in [0.2, 0.25) is 0 Å². The predicted octanol–water partition coefficient (Wildman–Crippen LogP) is 3.73. The SMILES string of the molecule is COc1cc(C2c3cc4c(cc3[C@H](OC(=O)[C@@H](Cc3ccccc3)N3C(=O)C5C6CCC(O6)C5C3=O)[C@H]3COC(=O)[C@H]23)OCO4)cc(OC)c1OC. The summed E-state index contributed by atoms with van der Waals surface area (Å²) >= 11 is 0. The van der Waals surface area contributed by atoms with E-state index < -0.39 is 65.5 Å². The van der Waals surface area contributed by atoms with Crippen LogP contribution in [0, 0.1) is 23.7 Å². The Hall–Kier alpha value is -5.30. The molecule has 52 heavy (non-hydrogen) atoms. The number of carbonyl (C=O) groups excluding carboxylic acids is 4. The van der Waals surface area contributed by atoms with E-state index in [2.05, 4.69) is 0 Å². The third-order valence-electron chi connectivity index (χ3n) is 11.6. The molecule has 270 valence electrons. The number of hydrogen-bond acceptors (Lipinski definition) is 12. The van der Waals surface area contributed by atoms with Crippen LogP contribution in [0.4, 0.5) is 0 Å². The van der Waals surface area contributed by atoms with E-state index >= 15 is 0 Å². The van der Waals surface area contributed by atoms with E-state index in [-0.39, 0.29) is 32.0 Å². The number of amides is 2. The van der Waals surface area contributed by atoms with E-state index in [1.807, 2.05) is 30.3 Å². The number of nitrogens with zero attached hydrogens (tertiary/aromatic N) is 1. The van der Waals surface area contributed by atoms with Crippen molar-refractivity contribution in [2.75, 3.05) is 34.7 Å². The van der Waals surface area contributed by atoms with Gasteiger partial charge in [0.05, 0.1) is 57.9 Å². The van der Waals surface area contributed by atoms with E-state index in [1.54, 1.807) is 24.3 Å². The molecule has 0 spiro atoms. The molecule has 4 fully saturated rings. The van der Waals surface area contributed by atoms with Crippen LogP contribution < -0.4 is 23.7 Å². The molecule has 4 saturated heterocycles. The van der Waals surface area contributed by atoms with Crippen molar-refractivity contribution in [3.63, 3.8) is 0 Å². The highest BCUT2D eigenvalue weighted by molar-refractivity contribution is 6.09. The first-order valence-electron chi connectivity index (χ1n) is 17.5. The first kappa shape index (κ1) is 32.6. The molecular weight excluding hydrogens is 674 g/mol. The molecule has 13 nitrogen and oxygen atoms in total. The van der Waals surface area contributed by atoms with Crippen molar-refractivity contribution in [1.29, 1.82) is 0 Å². The summed E-state index contributed by atoms with van der Waals surface area (Å²) in [6, 6.07) is 15.1. The van der Waals surface area contributed by atoms with Gasteiger partial charge in [-0.3, -0.25) is 19.3 Å². The van der Waals surface area contributed by atoms with Crippen LogP contribution in [0.3, 0.4) is 0 Å². The summed E-state index contributed by atoms with van der Waals surface area (Å²) in [5.74, 6) is -3.12. The molecule has 0 N–H and O–H groups in total. The van der Waals surface area contributed by atoms with Crippen LogP contribution in [0.25, 0.3) is 0 Å². The standard InChI is InChI=1S/C39H37NO12/c1-45-28-12-19(13-29(46-2)35(28)47-3)30-20-14-26-27(50-17-49-26)15-21(20)34(22-16-48-39(44)31(22)30)52-38(43)23(11-18-7-5-4-6-8-18)40-36(41)32-24-9-10-25(51-24)33(32)37(40)42/h4-8,12-15,22-25,30-34H,9-11,16-17H2,1-3H3/t22-,23+,24?,25?,30?,31-,32?,33?,34-/m0/s1. The number of carbonyl (C=O) groups is 4. The smallest absolute Gasteiger partial charge is 0.330 e. The second kappa shape index (κ2) is 12.4. The van der Waals surface area contributed by atoms with Crippen LogP contribution in [0.1, 0.15) is 47.1 Å². The number of methoxy groups -OCH3 is 3. The van der Waals surface area contributed by atoms with Gasteiger partial charge in [-0.05, 0) is 53.8 Å². The Bertz CT molecular complexity index is 1930. The number of fused-ring (bicyclic) bond motifs is 8. The summed E-state index contributed by atoms with van der Waals surface area (Å²) in [7, 11) is 4.55. The van der Waals surface area contributed by atoms with Crippen LogP contribution in [-0.2, 0) is 39.8 Å². The molecule has 2 amide bonds. The Morgan fingerprint density at radius 3 is 2.06 bits per heavy atom. The molecule has 5 aliphatic heterocycles. The van der Waals surface area contributed by atoms with Crippen molar-refractivity contribution in [3.05, 3.63) is 76.9 Å². The van der Waals surface area contributed by atoms with E-state index in [0.717, 1.165) is 10.5 Å². The summed E-state index contributed by atoms with van der Waals surface area (Å²) in [6.45, 7) is -0.0230. The van der Waals surface area contributed by atoms with Gasteiger partial charge in [-0.15, -0.1) is 0 Å². The van der Waals surface area contributed by atoms with Gasteiger partial charge in [-0.1, -0.05) is 30.3 Å². The van der Waals surface area contributed by atoms with Gasteiger partial charge in [-0.2, -0.15) is 0 Å². The van der Waals surface area contributed by atoms with Crippen molar-refractivity contribution < 1.29 is 57.1 Å². The third kappa shape index (κ3) is 4.85. The lowest BCUT2D eigenvalue weighted by molar-refractivity contribution is -0.167. The molecule has 9 atom stereocenters. The molecular formula is C39H37NO12. The summed E-state index contributed by atoms with van der Waals surface area (Å²) in [4.78, 5) is 57.5. The number of hydrogen-bond donors (Lipinski definition) is 0. The molecule has 5 unspecified atom stereocenters. The van der Waals surface area contributed by atoms with Crippen molar-refractivity contribution in [2.24, 2.45) is 23.7 Å². The average molecular weight is 712 g/mol. The second-order valence-corrected chi connectivity index (χ2v) is 14.0. The Labute approximate surface area is 298 Å². The van der Waals surface area contributed by atoms with Crippen molar-refractivity contribution in [1.82, 2.24) is 4.90 Å². The van der Waals surface area contributed by atoms with Gasteiger partial charge in [0.25, 0.3) is 0 Å². The summed E-state index contributed by atoms with van der Waals surface area (Å²) < 4.78 is 46.6. The topological polar surface area (TPSA) is 145 Å². The highest BCUT2D eigenvalue weighted by atomic mass is 16.7. The lowest BCUT2D eigenvalue weighted by atomic mass is 9.66. The Morgan fingerprint density at radius 1 is 0.808 bits per heavy atom. The first-order valence-corrected chi connectivity index (χ1v) is 17.5. The lowest BCUT2D eigenvalue weighted by Crippen LogP contribution is -2.49. The molecule has 0 radical (unpaired) electrons. The fourth-order valence-corrected chi connectivity index (χ4v) is 9.31. The summed E-state index contributed by atoms with van der Waals surface area (Å²) in [5, 5.41) is 0. The molecule has 5 heterocycles. The van der Waals surface area contributed by atoms with Crippen molar-refractivity contribution in [3.8, 4) is 28.7 Å². The Balaban J connectivity index is 1.13. The van der Waals surface area contributed by atoms with E-state index in [0.29, 0.717) is 58.3 Å². The highest BCUT2D eigenvalue weighted by Gasteiger charge is 2.64. The number of imide groups is 1. The third-order valence-corrected chi connectivity index (χ3v) is 11.6. The molecule has 2 bridgehead atoms. The van der Waals surface area contributed by atoms with Crippen LogP contribution in [0.15, 0.2) is 54.6 Å². The minimum atomic E-state index is -1.24. The molecule has 6 aliphatic rings. The maximum Gasteiger partial charge on any atom is 0.330 e. The fraction of sp³-hybridized carbons (Fsp3) is 0.436. The summed E-state index contributed by atoms with van der Waals surface area (Å²) in [6.07, 6.45) is -0.206. The molecule has 1 aliphatic carbocycles. The zero-order valence-electron chi connectivity index (χ0n) is 28.8. The van der Waals surface area contributed by atoms with E-state index in [1.165, 1.54) is 21.3 Å². The molecule has 3 aromatic carbocycles. The highest BCUT2D eigenvalue weighted by Crippen LogP contribution is 2.57. The largest absolute Gasteiger partial charge is 0.493 e. The average Bonchev–Trinajstić information content (AvgIpc) is 4.00. The van der Waals surface area contributed by atoms with Crippen LogP contribution in [-0.4, -0.2) is 81.6 Å². The van der Waals surface area contributed by atoms with Gasteiger partial charge in [-0.25, -0.2) is 4.79 Å². The Morgan fingerprint density at radius 2 is 1.44 bits per heavy atom. The fourth-order valence-electron chi connectivity index (χ4n) is 9.31. The summed E-state index contributed by atoms with van der Waals surface area (Å²) in [5.41, 5.74) is 2.70. The molecule has 13 heteroatoms. The monoisotopic (exact) mass is 711 g/mol. The number of cyclic esters (lactones) is 1. The van der Waals surface area contributed by atoms with Crippen molar-refractivity contribution in [2.45, 2.75) is 49.5 Å². The zero-order valence-corrected chi connectivity index (χ0v) is 28.8. The van der Waals surface area contributed by atoms with Gasteiger partial charge >= 0.3 is 11.9 Å². The zero-order chi connectivity index (χ0) is 35.8. The minimum absolute atomic E-state index is 0.00119. The number of rotatable bonds is 9. The van der Waals surface area contributed by atoms with E-state index in [9.17, 15) is 19.2 Å². The predicted molar refractivity (Wildman–Crippen MR) is 178 cm³/mol. The first-order chi connectivity index (χ1) is 25.3. The number of esters is 2.